The van der Waals surface area contributed by atoms with Crippen LogP contribution in [-0.2, 0) is 0 Å². The number of hydrogen-bond acceptors (Lipinski definition) is 4. The fraction of sp³-hybridized carbons (Fsp3) is 0.235. The summed E-state index contributed by atoms with van der Waals surface area (Å²) in [4.78, 5) is 28.7. The zero-order chi connectivity index (χ0) is 21.2. The summed E-state index contributed by atoms with van der Waals surface area (Å²) >= 11 is 3.12. The Bertz CT molecular complexity index is 921. The molecule has 1 heterocycles. The van der Waals surface area contributed by atoms with Crippen LogP contribution >= 0.6 is 15.9 Å². The first-order valence-corrected chi connectivity index (χ1v) is 8.44. The molecule has 2 rings (SSSR count). The molecule has 0 aliphatic rings. The number of rotatable bonds is 4. The van der Waals surface area contributed by atoms with E-state index < -0.39 is 41.5 Å². The Morgan fingerprint density at radius 3 is 2.50 bits per heavy atom. The molecule has 0 fully saturated rings. The van der Waals surface area contributed by atoms with Gasteiger partial charge in [0.2, 0.25) is 0 Å². The largest absolute Gasteiger partial charge is 0.573 e. The SMILES string of the molecule is Cc1ncc(Br)cc1C(=O)N(C(=O)O)C(C)c1cc(OC(F)(F)F)ccc1F. The van der Waals surface area contributed by atoms with Crippen molar-refractivity contribution >= 4 is 27.9 Å². The molecule has 0 bridgehead atoms. The number of benzene rings is 1. The van der Waals surface area contributed by atoms with Gasteiger partial charge in [-0.2, -0.15) is 0 Å². The Morgan fingerprint density at radius 2 is 1.93 bits per heavy atom. The number of ether oxygens (including phenoxy) is 1. The van der Waals surface area contributed by atoms with Crippen LogP contribution in [0.1, 0.15) is 34.6 Å². The summed E-state index contributed by atoms with van der Waals surface area (Å²) in [5, 5.41) is 9.48. The average molecular weight is 465 g/mol. The molecule has 0 spiro atoms. The molecule has 0 saturated carbocycles. The first-order valence-electron chi connectivity index (χ1n) is 7.64. The summed E-state index contributed by atoms with van der Waals surface area (Å²) in [6.07, 6.45) is -5.32. The predicted molar refractivity (Wildman–Crippen MR) is 92.4 cm³/mol. The maximum Gasteiger partial charge on any atom is 0.573 e. The monoisotopic (exact) mass is 464 g/mol. The van der Waals surface area contributed by atoms with Crippen molar-refractivity contribution in [3.05, 3.63) is 57.6 Å². The summed E-state index contributed by atoms with van der Waals surface area (Å²) in [6, 6.07) is 2.04. The molecular weight excluding hydrogens is 452 g/mol. The second-order valence-corrected chi connectivity index (χ2v) is 6.57. The molecule has 2 amide bonds. The molecule has 11 heteroatoms. The lowest BCUT2D eigenvalue weighted by Crippen LogP contribution is -2.38. The first-order chi connectivity index (χ1) is 12.9. The molecule has 0 aliphatic carbocycles. The molecule has 0 aliphatic heterocycles. The Morgan fingerprint density at radius 1 is 1.29 bits per heavy atom. The molecule has 0 radical (unpaired) electrons. The van der Waals surface area contributed by atoms with Crippen molar-refractivity contribution < 1.29 is 37.0 Å². The van der Waals surface area contributed by atoms with Crippen molar-refractivity contribution in [3.63, 3.8) is 0 Å². The third-order valence-corrected chi connectivity index (χ3v) is 4.18. The van der Waals surface area contributed by atoms with E-state index in [4.69, 9.17) is 0 Å². The quantitative estimate of drug-likeness (QED) is 0.638. The van der Waals surface area contributed by atoms with E-state index in [1.165, 1.54) is 26.1 Å². The van der Waals surface area contributed by atoms with Crippen LogP contribution in [0.15, 0.2) is 34.9 Å². The van der Waals surface area contributed by atoms with Gasteiger partial charge in [-0.05, 0) is 54.0 Å². The number of nitrogens with zero attached hydrogens (tertiary/aromatic N) is 2. The Hall–Kier alpha value is -2.69. The van der Waals surface area contributed by atoms with Crippen molar-refractivity contribution in [1.82, 2.24) is 9.88 Å². The van der Waals surface area contributed by atoms with Crippen molar-refractivity contribution in [2.75, 3.05) is 0 Å². The van der Waals surface area contributed by atoms with Crippen molar-refractivity contribution in [3.8, 4) is 5.75 Å². The highest BCUT2D eigenvalue weighted by molar-refractivity contribution is 9.10. The predicted octanol–water partition coefficient (Wildman–Crippen LogP) is 5.07. The number of aromatic nitrogens is 1. The smallest absolute Gasteiger partial charge is 0.465 e. The van der Waals surface area contributed by atoms with E-state index in [2.05, 4.69) is 25.7 Å². The number of imide groups is 1. The lowest BCUT2D eigenvalue weighted by Gasteiger charge is -2.26. The van der Waals surface area contributed by atoms with Crippen LogP contribution in [-0.4, -0.2) is 33.4 Å². The standard InChI is InChI=1S/C17H13BrF4N2O4/c1-8-12(5-10(18)7-23-8)15(25)24(16(26)27)9(2)13-6-11(3-4-14(13)19)28-17(20,21)22/h3-7,9H,1-2H3,(H,26,27). The van der Waals surface area contributed by atoms with Crippen LogP contribution in [0, 0.1) is 12.7 Å². The number of carbonyl (C=O) groups is 2. The Kier molecular flexibility index (Phi) is 6.27. The van der Waals surface area contributed by atoms with Gasteiger partial charge in [0.1, 0.15) is 11.6 Å². The third kappa shape index (κ3) is 4.97. The second kappa shape index (κ2) is 8.13. The van der Waals surface area contributed by atoms with E-state index in [1.54, 1.807) is 0 Å². The summed E-state index contributed by atoms with van der Waals surface area (Å²) < 4.78 is 55.6. The Balaban J connectivity index is 2.47. The van der Waals surface area contributed by atoms with Crippen LogP contribution in [0.25, 0.3) is 0 Å². The van der Waals surface area contributed by atoms with Crippen LogP contribution in [0.5, 0.6) is 5.75 Å². The number of hydrogen-bond donors (Lipinski definition) is 1. The minimum atomic E-state index is -5.01. The third-order valence-electron chi connectivity index (χ3n) is 3.75. The summed E-state index contributed by atoms with van der Waals surface area (Å²) in [7, 11) is 0. The van der Waals surface area contributed by atoms with Crippen LogP contribution in [0.2, 0.25) is 0 Å². The molecular formula is C17H13BrF4N2O4. The Labute approximate surface area is 164 Å². The summed E-state index contributed by atoms with van der Waals surface area (Å²) in [5.74, 6) is -2.74. The first kappa shape index (κ1) is 21.6. The van der Waals surface area contributed by atoms with Gasteiger partial charge in [0.15, 0.2) is 0 Å². The molecule has 2 aromatic rings. The molecule has 150 valence electrons. The number of pyridine rings is 1. The lowest BCUT2D eigenvalue weighted by molar-refractivity contribution is -0.274. The van der Waals surface area contributed by atoms with E-state index in [1.807, 2.05) is 0 Å². The molecule has 1 atom stereocenters. The normalized spacial score (nSPS) is 12.4. The highest BCUT2D eigenvalue weighted by Gasteiger charge is 2.34. The van der Waals surface area contributed by atoms with Gasteiger partial charge in [-0.3, -0.25) is 9.78 Å². The molecule has 0 saturated heterocycles. The fourth-order valence-corrected chi connectivity index (χ4v) is 2.79. The number of halogens is 5. The minimum absolute atomic E-state index is 0.0632. The maximum atomic E-state index is 14.2. The minimum Gasteiger partial charge on any atom is -0.465 e. The number of aryl methyl sites for hydroxylation is 1. The fourth-order valence-electron chi connectivity index (χ4n) is 2.46. The molecule has 1 aromatic heterocycles. The highest BCUT2D eigenvalue weighted by atomic mass is 79.9. The van der Waals surface area contributed by atoms with Gasteiger partial charge in [-0.1, -0.05) is 0 Å². The number of alkyl halides is 3. The number of carboxylic acid groups (broad SMARTS) is 1. The van der Waals surface area contributed by atoms with Gasteiger partial charge in [0, 0.05) is 16.2 Å². The van der Waals surface area contributed by atoms with E-state index in [-0.39, 0.29) is 11.3 Å². The molecule has 28 heavy (non-hydrogen) atoms. The van der Waals surface area contributed by atoms with Crippen LogP contribution in [0.4, 0.5) is 22.4 Å². The van der Waals surface area contributed by atoms with Gasteiger partial charge < -0.3 is 9.84 Å². The second-order valence-electron chi connectivity index (χ2n) is 5.65. The molecule has 6 nitrogen and oxygen atoms in total. The van der Waals surface area contributed by atoms with E-state index in [9.17, 15) is 32.3 Å². The van der Waals surface area contributed by atoms with Gasteiger partial charge in [-0.15, -0.1) is 13.2 Å². The van der Waals surface area contributed by atoms with Crippen LogP contribution in [0.3, 0.4) is 0 Å². The molecule has 1 N–H and O–H groups in total. The molecule has 1 aromatic carbocycles. The zero-order valence-corrected chi connectivity index (χ0v) is 16.0. The van der Waals surface area contributed by atoms with Gasteiger partial charge in [0.05, 0.1) is 17.3 Å². The van der Waals surface area contributed by atoms with Gasteiger partial charge >= 0.3 is 12.5 Å². The van der Waals surface area contributed by atoms with E-state index in [0.717, 1.165) is 6.07 Å². The van der Waals surface area contributed by atoms with Crippen molar-refractivity contribution in [2.45, 2.75) is 26.3 Å². The summed E-state index contributed by atoms with van der Waals surface area (Å²) in [5.41, 5.74) is -0.300. The average Bonchev–Trinajstić information content (AvgIpc) is 2.57. The molecule has 1 unspecified atom stereocenters. The van der Waals surface area contributed by atoms with E-state index in [0.29, 0.717) is 21.5 Å². The maximum absolute atomic E-state index is 14.2. The topological polar surface area (TPSA) is 79.7 Å². The van der Waals surface area contributed by atoms with Gasteiger partial charge in [-0.25, -0.2) is 14.1 Å². The van der Waals surface area contributed by atoms with E-state index >= 15 is 0 Å². The zero-order valence-electron chi connectivity index (χ0n) is 14.4. The van der Waals surface area contributed by atoms with Crippen molar-refractivity contribution in [1.29, 1.82) is 0 Å². The van der Waals surface area contributed by atoms with Gasteiger partial charge in [0.25, 0.3) is 5.91 Å². The van der Waals surface area contributed by atoms with Crippen molar-refractivity contribution in [2.24, 2.45) is 0 Å². The van der Waals surface area contributed by atoms with Crippen LogP contribution < -0.4 is 4.74 Å². The summed E-state index contributed by atoms with van der Waals surface area (Å²) in [6.45, 7) is 2.64. The number of amides is 2. The lowest BCUT2D eigenvalue weighted by atomic mass is 10.0. The number of carbonyl (C=O) groups excluding carboxylic acids is 1. The highest BCUT2D eigenvalue weighted by Crippen LogP contribution is 2.31.